The maximum Gasteiger partial charge on any atom is 0.337 e. The van der Waals surface area contributed by atoms with Gasteiger partial charge < -0.3 is 5.11 Å². The van der Waals surface area contributed by atoms with Crippen molar-refractivity contribution >= 4 is 17.0 Å². The maximum atomic E-state index is 11.3. The van der Waals surface area contributed by atoms with E-state index in [0.717, 1.165) is 12.0 Å². The van der Waals surface area contributed by atoms with Crippen LogP contribution in [0.2, 0.25) is 0 Å². The molecule has 1 N–H and O–H groups in total. The minimum Gasteiger partial charge on any atom is -0.478 e. The Balaban J connectivity index is 1.93. The van der Waals surface area contributed by atoms with Crippen molar-refractivity contribution < 1.29 is 9.90 Å². The van der Waals surface area contributed by atoms with Gasteiger partial charge in [-0.15, -0.1) is 5.10 Å². The average Bonchev–Trinajstić information content (AvgIpc) is 3.02. The van der Waals surface area contributed by atoms with Crippen molar-refractivity contribution in [2.75, 3.05) is 0 Å². The van der Waals surface area contributed by atoms with Crippen LogP contribution in [-0.2, 0) is 20.0 Å². The van der Waals surface area contributed by atoms with E-state index in [1.54, 1.807) is 33.8 Å². The predicted octanol–water partition coefficient (Wildman–Crippen LogP) is 1.11. The highest BCUT2D eigenvalue weighted by Crippen LogP contribution is 2.17. The van der Waals surface area contributed by atoms with Gasteiger partial charge in [0.2, 0.25) is 0 Å². The normalized spacial score (nSPS) is 11.1. The molecule has 1 aromatic carbocycles. The van der Waals surface area contributed by atoms with Crippen LogP contribution < -0.4 is 0 Å². The third-order valence-electron chi connectivity index (χ3n) is 3.13. The zero-order valence-corrected chi connectivity index (χ0v) is 10.9. The first-order chi connectivity index (χ1) is 9.65. The van der Waals surface area contributed by atoms with E-state index in [2.05, 4.69) is 15.4 Å². The molecule has 0 saturated heterocycles. The number of benzene rings is 1. The highest BCUT2D eigenvalue weighted by Gasteiger charge is 2.14. The van der Waals surface area contributed by atoms with E-state index in [1.807, 2.05) is 13.2 Å². The minimum absolute atomic E-state index is 0.221. The fraction of sp³-hybridized carbons (Fsp3) is 0.231. The van der Waals surface area contributed by atoms with Gasteiger partial charge in [0, 0.05) is 19.8 Å². The number of carboxylic acids is 1. The Morgan fingerprint density at radius 1 is 1.40 bits per heavy atom. The van der Waals surface area contributed by atoms with Crippen LogP contribution in [0.5, 0.6) is 0 Å². The first kappa shape index (κ1) is 12.3. The van der Waals surface area contributed by atoms with Gasteiger partial charge in [0.05, 0.1) is 11.8 Å². The summed E-state index contributed by atoms with van der Waals surface area (Å²) in [5.41, 5.74) is 2.45. The van der Waals surface area contributed by atoms with Crippen molar-refractivity contribution in [3.63, 3.8) is 0 Å². The van der Waals surface area contributed by atoms with Gasteiger partial charge in [-0.25, -0.2) is 9.48 Å². The molecule has 20 heavy (non-hydrogen) atoms. The van der Waals surface area contributed by atoms with Gasteiger partial charge in [0.1, 0.15) is 11.0 Å². The van der Waals surface area contributed by atoms with Crippen molar-refractivity contribution in [3.05, 3.63) is 41.7 Å². The molecule has 0 aliphatic heterocycles. The average molecular weight is 271 g/mol. The summed E-state index contributed by atoms with van der Waals surface area (Å²) < 4.78 is 3.36. The molecule has 7 heteroatoms. The van der Waals surface area contributed by atoms with Crippen LogP contribution in [0.25, 0.3) is 11.0 Å². The van der Waals surface area contributed by atoms with Gasteiger partial charge in [-0.3, -0.25) is 4.68 Å². The largest absolute Gasteiger partial charge is 0.478 e. The smallest absolute Gasteiger partial charge is 0.337 e. The van der Waals surface area contributed by atoms with Crippen LogP contribution in [0.4, 0.5) is 0 Å². The maximum absolute atomic E-state index is 11.3. The molecular weight excluding hydrogens is 258 g/mol. The number of hydrogen-bond donors (Lipinski definition) is 1. The van der Waals surface area contributed by atoms with Crippen molar-refractivity contribution in [1.29, 1.82) is 0 Å². The third kappa shape index (κ3) is 2.13. The van der Waals surface area contributed by atoms with E-state index in [9.17, 15) is 9.90 Å². The topological polar surface area (TPSA) is 85.8 Å². The molecule has 0 saturated carbocycles. The summed E-state index contributed by atoms with van der Waals surface area (Å²) >= 11 is 0. The molecule has 0 spiro atoms. The number of carboxylic acid groups (broad SMARTS) is 1. The number of rotatable bonds is 4. The summed E-state index contributed by atoms with van der Waals surface area (Å²) in [6.45, 7) is 0.562. The number of aromatic carboxylic acids is 1. The van der Waals surface area contributed by atoms with Crippen LogP contribution in [0.3, 0.4) is 0 Å². The number of para-hydroxylation sites is 1. The van der Waals surface area contributed by atoms with Crippen LogP contribution >= 0.6 is 0 Å². The van der Waals surface area contributed by atoms with Crippen LogP contribution in [0, 0.1) is 0 Å². The van der Waals surface area contributed by atoms with Gasteiger partial charge in [-0.2, -0.15) is 5.10 Å². The summed E-state index contributed by atoms with van der Waals surface area (Å²) in [5.74, 6) is -0.972. The molecule has 0 atom stereocenters. The number of aryl methyl sites for hydroxylation is 3. The molecular formula is C13H13N5O2. The Morgan fingerprint density at radius 2 is 2.25 bits per heavy atom. The summed E-state index contributed by atoms with van der Waals surface area (Å²) in [7, 11) is 1.86. The monoisotopic (exact) mass is 271 g/mol. The van der Waals surface area contributed by atoms with Crippen molar-refractivity contribution in [1.82, 2.24) is 24.8 Å². The Kier molecular flexibility index (Phi) is 2.94. The Hall–Kier alpha value is -2.70. The van der Waals surface area contributed by atoms with Gasteiger partial charge in [-0.05, 0) is 24.1 Å². The molecule has 0 unspecified atom stereocenters. The SMILES string of the molecule is Cn1cc(CCn2nnc3cccc(C(=O)O)c32)cn1. The third-order valence-corrected chi connectivity index (χ3v) is 3.13. The van der Waals surface area contributed by atoms with Crippen LogP contribution in [-0.4, -0.2) is 35.9 Å². The Labute approximate surface area is 114 Å². The predicted molar refractivity (Wildman–Crippen MR) is 71.4 cm³/mol. The number of fused-ring (bicyclic) bond motifs is 1. The Bertz CT molecular complexity index is 774. The highest BCUT2D eigenvalue weighted by molar-refractivity contribution is 6.00. The van der Waals surface area contributed by atoms with Gasteiger partial charge in [0.15, 0.2) is 0 Å². The van der Waals surface area contributed by atoms with Crippen LogP contribution in [0.1, 0.15) is 15.9 Å². The molecule has 0 aliphatic carbocycles. The van der Waals surface area contributed by atoms with Crippen molar-refractivity contribution in [2.45, 2.75) is 13.0 Å². The first-order valence-corrected chi connectivity index (χ1v) is 6.18. The number of carbonyl (C=O) groups is 1. The first-order valence-electron chi connectivity index (χ1n) is 6.18. The molecule has 3 rings (SSSR count). The molecule has 2 heterocycles. The second-order valence-electron chi connectivity index (χ2n) is 4.56. The van der Waals surface area contributed by atoms with E-state index in [4.69, 9.17) is 0 Å². The van der Waals surface area contributed by atoms with Gasteiger partial charge >= 0.3 is 5.97 Å². The lowest BCUT2D eigenvalue weighted by atomic mass is 10.2. The molecule has 0 aliphatic rings. The second kappa shape index (κ2) is 4.76. The zero-order valence-electron chi connectivity index (χ0n) is 10.9. The van der Waals surface area contributed by atoms with E-state index in [-0.39, 0.29) is 5.56 Å². The fourth-order valence-electron chi connectivity index (χ4n) is 2.20. The standard InChI is InChI=1S/C13H13N5O2/c1-17-8-9(7-14-17)5-6-18-12-10(13(19)20)3-2-4-11(12)15-16-18/h2-4,7-8H,5-6H2,1H3,(H,19,20). The summed E-state index contributed by atoms with van der Waals surface area (Å²) in [6, 6.07) is 5.00. The number of aromatic nitrogens is 5. The van der Waals surface area contributed by atoms with Crippen molar-refractivity contribution in [2.24, 2.45) is 7.05 Å². The molecule has 0 fully saturated rings. The number of hydrogen-bond acceptors (Lipinski definition) is 4. The lowest BCUT2D eigenvalue weighted by molar-refractivity contribution is 0.0698. The molecule has 0 bridgehead atoms. The number of nitrogens with zero attached hydrogens (tertiary/aromatic N) is 5. The lowest BCUT2D eigenvalue weighted by Gasteiger charge is -2.03. The van der Waals surface area contributed by atoms with E-state index >= 15 is 0 Å². The molecule has 2 aromatic heterocycles. The van der Waals surface area contributed by atoms with E-state index in [1.165, 1.54) is 0 Å². The zero-order chi connectivity index (χ0) is 14.1. The molecule has 0 radical (unpaired) electrons. The van der Waals surface area contributed by atoms with Crippen LogP contribution in [0.15, 0.2) is 30.6 Å². The summed E-state index contributed by atoms with van der Waals surface area (Å²) in [6.07, 6.45) is 4.44. The summed E-state index contributed by atoms with van der Waals surface area (Å²) in [4.78, 5) is 11.3. The van der Waals surface area contributed by atoms with Crippen molar-refractivity contribution in [3.8, 4) is 0 Å². The second-order valence-corrected chi connectivity index (χ2v) is 4.56. The van der Waals surface area contributed by atoms with E-state index < -0.39 is 5.97 Å². The Morgan fingerprint density at radius 3 is 2.95 bits per heavy atom. The van der Waals surface area contributed by atoms with E-state index in [0.29, 0.717) is 17.6 Å². The lowest BCUT2D eigenvalue weighted by Crippen LogP contribution is -2.07. The quantitative estimate of drug-likeness (QED) is 0.768. The molecule has 102 valence electrons. The fourth-order valence-corrected chi connectivity index (χ4v) is 2.20. The highest BCUT2D eigenvalue weighted by atomic mass is 16.4. The summed E-state index contributed by atoms with van der Waals surface area (Å²) in [5, 5.41) is 21.4. The molecule has 3 aromatic rings. The molecule has 7 nitrogen and oxygen atoms in total. The van der Waals surface area contributed by atoms with Gasteiger partial charge in [0.25, 0.3) is 0 Å². The van der Waals surface area contributed by atoms with Gasteiger partial charge in [-0.1, -0.05) is 11.3 Å². The minimum atomic E-state index is -0.972. The molecule has 0 amide bonds.